The minimum atomic E-state index is -4.60. The Kier molecular flexibility index (Phi) is 16.6. The van der Waals surface area contributed by atoms with Gasteiger partial charge in [0.2, 0.25) is 0 Å². The summed E-state index contributed by atoms with van der Waals surface area (Å²) in [6.45, 7) is 5.78. The summed E-state index contributed by atoms with van der Waals surface area (Å²) in [6, 6.07) is 16.2. The van der Waals surface area contributed by atoms with Gasteiger partial charge in [-0.3, -0.25) is 14.4 Å². The van der Waals surface area contributed by atoms with E-state index in [0.717, 1.165) is 64.4 Å². The smallest absolute Gasteiger partial charge is 0.371 e. The fourth-order valence-electron chi connectivity index (χ4n) is 7.70. The van der Waals surface area contributed by atoms with Crippen LogP contribution in [0, 0.1) is 43.4 Å². The second-order valence-electron chi connectivity index (χ2n) is 17.5. The molecule has 0 aliphatic carbocycles. The molecule has 1 fully saturated rings. The highest BCUT2D eigenvalue weighted by atomic mass is 32.1. The SMILES string of the molecule is CNC(=O)n1cc(C#Cc2cc(C(=O)Nc3cc(-n4ccnc4)cc(C(F)(F)F)c3)ccc2C)cn1.Cc1ccc(C(=O)Nc2cc(N3CC[C@H](CN(C)C)C3)cc(C(F)(F)F)c2)cc1C#Cc1cnc(C(N)=O)s1. The molecule has 4 amide bonds. The Labute approximate surface area is 430 Å². The van der Waals surface area contributed by atoms with E-state index in [1.165, 1.54) is 55.0 Å². The highest BCUT2D eigenvalue weighted by Gasteiger charge is 2.34. The first kappa shape index (κ1) is 54.1. The zero-order valence-electron chi connectivity index (χ0n) is 40.8. The molecule has 0 spiro atoms. The molecule has 4 heterocycles. The summed E-state index contributed by atoms with van der Waals surface area (Å²) in [7, 11) is 5.43. The quantitative estimate of drug-likeness (QED) is 0.0810. The summed E-state index contributed by atoms with van der Waals surface area (Å²) in [5.74, 6) is 10.3. The highest BCUT2D eigenvalue weighted by molar-refractivity contribution is 7.14. The van der Waals surface area contributed by atoms with Crippen molar-refractivity contribution in [2.45, 2.75) is 32.6 Å². The van der Waals surface area contributed by atoms with Gasteiger partial charge in [0, 0.05) is 84.1 Å². The van der Waals surface area contributed by atoms with E-state index in [4.69, 9.17) is 5.73 Å². The fourth-order valence-corrected chi connectivity index (χ4v) is 8.32. The minimum absolute atomic E-state index is 0.0200. The minimum Gasteiger partial charge on any atom is -0.371 e. The molecule has 5 N–H and O–H groups in total. The first-order chi connectivity index (χ1) is 35.5. The molecular formula is C53H47F6N11O4S. The van der Waals surface area contributed by atoms with Crippen LogP contribution in [0.2, 0.25) is 0 Å². The van der Waals surface area contributed by atoms with Crippen molar-refractivity contribution < 1.29 is 45.5 Å². The first-order valence-corrected chi connectivity index (χ1v) is 23.6. The molecule has 1 aliphatic heterocycles. The second-order valence-corrected chi connectivity index (χ2v) is 18.5. The van der Waals surface area contributed by atoms with Crippen LogP contribution in [0.15, 0.2) is 110 Å². The van der Waals surface area contributed by atoms with Gasteiger partial charge in [0.25, 0.3) is 17.7 Å². The Hall–Kier alpha value is -8.73. The summed E-state index contributed by atoms with van der Waals surface area (Å²) >= 11 is 1.06. The molecule has 1 atom stereocenters. The summed E-state index contributed by atoms with van der Waals surface area (Å²) < 4.78 is 84.1. The van der Waals surface area contributed by atoms with Crippen molar-refractivity contribution in [3.8, 4) is 29.4 Å². The number of thiazole rings is 1. The number of anilines is 3. The number of primary amides is 1. The van der Waals surface area contributed by atoms with Crippen LogP contribution in [-0.4, -0.2) is 93.7 Å². The van der Waals surface area contributed by atoms with E-state index in [9.17, 15) is 45.5 Å². The lowest BCUT2D eigenvalue weighted by Gasteiger charge is -2.22. The van der Waals surface area contributed by atoms with Gasteiger partial charge in [-0.05, 0) is 118 Å². The molecule has 8 rings (SSSR count). The van der Waals surface area contributed by atoms with E-state index in [-0.39, 0.29) is 33.2 Å². The number of hydrogen-bond donors (Lipinski definition) is 4. The third kappa shape index (κ3) is 14.3. The van der Waals surface area contributed by atoms with Crippen LogP contribution in [0.5, 0.6) is 0 Å². The van der Waals surface area contributed by atoms with Crippen LogP contribution in [0.1, 0.15) is 80.8 Å². The van der Waals surface area contributed by atoms with Gasteiger partial charge in [-0.25, -0.2) is 14.8 Å². The zero-order chi connectivity index (χ0) is 54.2. The average Bonchev–Trinajstić information content (AvgIpc) is 4.22. The van der Waals surface area contributed by atoms with Gasteiger partial charge in [-0.2, -0.15) is 36.1 Å². The molecule has 1 saturated heterocycles. The summed E-state index contributed by atoms with van der Waals surface area (Å²) in [5.41, 5.74) is 7.83. The van der Waals surface area contributed by atoms with Crippen molar-refractivity contribution in [3.63, 3.8) is 0 Å². The van der Waals surface area contributed by atoms with Crippen LogP contribution in [0.3, 0.4) is 0 Å². The van der Waals surface area contributed by atoms with Crippen LogP contribution in [0.25, 0.3) is 5.69 Å². The lowest BCUT2D eigenvalue weighted by molar-refractivity contribution is -0.138. The number of alkyl halides is 6. The van der Waals surface area contributed by atoms with Crippen molar-refractivity contribution in [1.82, 2.24) is 34.5 Å². The first-order valence-electron chi connectivity index (χ1n) is 22.8. The molecule has 4 aromatic carbocycles. The standard InChI is InChI=1S/C28H28F3N5O2S.C25H19F3N6O2/c1-17-4-5-20(10-19(17)6-7-24-14-33-27(39-24)25(32)37)26(38)34-22-11-21(28(29,30)31)12-23(13-22)36-9-8-18(16-36)15-35(2)3;1-16-3-5-19(9-18(16)6-4-17-13-31-34(14-17)24(36)29-2)23(35)32-21-10-20(25(26,27)28)11-22(12-21)33-8-7-30-15-33/h4-5,10-14,18H,8-9,15-16H2,1-3H3,(H2,32,37)(H,34,38);3,5,7-15H,1-2H3,(H,29,36)(H,32,35)/t18-;/m1./s1. The Morgan fingerprint density at radius 2 is 1.37 bits per heavy atom. The molecule has 15 nitrogen and oxygen atoms in total. The maximum absolute atomic E-state index is 13.7. The topological polar surface area (TPSA) is 185 Å². The van der Waals surface area contributed by atoms with E-state index in [2.05, 4.69) is 59.6 Å². The van der Waals surface area contributed by atoms with Crippen molar-refractivity contribution >= 4 is 52.2 Å². The monoisotopic (exact) mass is 1050 g/mol. The van der Waals surface area contributed by atoms with Crippen molar-refractivity contribution in [1.29, 1.82) is 0 Å². The van der Waals surface area contributed by atoms with E-state index in [1.807, 2.05) is 32.8 Å². The predicted octanol–water partition coefficient (Wildman–Crippen LogP) is 8.84. The number of nitrogens with zero attached hydrogens (tertiary/aromatic N) is 7. The van der Waals surface area contributed by atoms with Crippen LogP contribution < -0.4 is 26.6 Å². The van der Waals surface area contributed by atoms with Gasteiger partial charge in [0.1, 0.15) is 0 Å². The van der Waals surface area contributed by atoms with E-state index in [0.29, 0.717) is 46.3 Å². The molecule has 75 heavy (non-hydrogen) atoms. The number of hydrogen-bond acceptors (Lipinski definition) is 10. The van der Waals surface area contributed by atoms with Crippen molar-refractivity contribution in [3.05, 3.63) is 170 Å². The number of amides is 4. The zero-order valence-corrected chi connectivity index (χ0v) is 41.6. The number of halogens is 6. The van der Waals surface area contributed by atoms with Crippen LogP contribution in [0.4, 0.5) is 48.2 Å². The largest absolute Gasteiger partial charge is 0.416 e. The molecule has 0 saturated carbocycles. The number of nitrogens with two attached hydrogens (primary N) is 1. The molecule has 0 radical (unpaired) electrons. The number of aryl methyl sites for hydroxylation is 2. The summed E-state index contributed by atoms with van der Waals surface area (Å²) in [6.07, 6.45) is 0.366. The third-order valence-corrected chi connectivity index (χ3v) is 12.4. The number of carbonyl (C=O) groups is 4. The molecule has 0 bridgehead atoms. The third-order valence-electron chi connectivity index (χ3n) is 11.5. The van der Waals surface area contributed by atoms with Crippen molar-refractivity contribution in [2.24, 2.45) is 11.7 Å². The number of carbonyl (C=O) groups excluding carboxylic acids is 4. The van der Waals surface area contributed by atoms with Gasteiger partial charge in [-0.15, -0.1) is 11.3 Å². The van der Waals surface area contributed by atoms with E-state index < -0.39 is 47.2 Å². The number of nitrogens with one attached hydrogen (secondary N) is 3. The number of rotatable bonds is 9. The molecule has 1 aliphatic rings. The van der Waals surface area contributed by atoms with Gasteiger partial charge in [0.15, 0.2) is 5.01 Å². The molecule has 0 unspecified atom stereocenters. The van der Waals surface area contributed by atoms with Gasteiger partial charge >= 0.3 is 18.4 Å². The van der Waals surface area contributed by atoms with E-state index in [1.54, 1.807) is 42.5 Å². The van der Waals surface area contributed by atoms with Gasteiger partial charge in [0.05, 0.1) is 46.5 Å². The highest BCUT2D eigenvalue weighted by Crippen LogP contribution is 2.37. The Morgan fingerprint density at radius 1 is 0.787 bits per heavy atom. The lowest BCUT2D eigenvalue weighted by atomic mass is 10.0. The van der Waals surface area contributed by atoms with Crippen LogP contribution >= 0.6 is 11.3 Å². The normalized spacial score (nSPS) is 13.2. The van der Waals surface area contributed by atoms with Crippen LogP contribution in [-0.2, 0) is 12.4 Å². The van der Waals surface area contributed by atoms with Gasteiger partial charge < -0.3 is 36.1 Å². The molecule has 7 aromatic rings. The Balaban J connectivity index is 0.000000219. The Bertz CT molecular complexity index is 3400. The molecule has 22 heteroatoms. The maximum atomic E-state index is 13.7. The fraction of sp³-hybridized carbons (Fsp3) is 0.226. The number of aromatic nitrogens is 5. The van der Waals surface area contributed by atoms with E-state index >= 15 is 0 Å². The molecule has 386 valence electrons. The summed E-state index contributed by atoms with van der Waals surface area (Å²) in [5, 5.41) is 11.7. The molecular weight excluding hydrogens is 1000 g/mol. The average molecular weight is 1050 g/mol. The Morgan fingerprint density at radius 3 is 1.91 bits per heavy atom. The maximum Gasteiger partial charge on any atom is 0.416 e. The summed E-state index contributed by atoms with van der Waals surface area (Å²) in [4.78, 5) is 61.2. The molecule has 3 aromatic heterocycles. The van der Waals surface area contributed by atoms with Gasteiger partial charge in [-0.1, -0.05) is 29.9 Å². The van der Waals surface area contributed by atoms with Crippen molar-refractivity contribution in [2.75, 3.05) is 56.3 Å². The number of benzene rings is 4. The lowest BCUT2D eigenvalue weighted by Crippen LogP contribution is -2.26. The number of imidazole rings is 1. The second kappa shape index (κ2) is 23.0. The predicted molar refractivity (Wildman–Crippen MR) is 272 cm³/mol.